The third-order valence-corrected chi connectivity index (χ3v) is 3.66. The number of rotatable bonds is 3. The number of aromatic nitrogens is 2. The number of hydrogen-bond acceptors (Lipinski definition) is 2. The summed E-state index contributed by atoms with van der Waals surface area (Å²) >= 11 is 6.32. The summed E-state index contributed by atoms with van der Waals surface area (Å²) in [6.07, 6.45) is 1.04. The van der Waals surface area contributed by atoms with Gasteiger partial charge < -0.3 is 10.3 Å². The molecule has 4 heteroatoms. The molecular formula is C16H16ClN3. The number of nitrogens with zero attached hydrogens (tertiary/aromatic N) is 2. The van der Waals surface area contributed by atoms with Crippen LogP contribution in [0.25, 0.3) is 22.4 Å². The van der Waals surface area contributed by atoms with Crippen molar-refractivity contribution in [2.75, 3.05) is 5.73 Å². The van der Waals surface area contributed by atoms with E-state index < -0.39 is 0 Å². The number of nitrogen functional groups attached to an aromatic ring is 1. The highest BCUT2D eigenvalue weighted by atomic mass is 35.5. The average molecular weight is 286 g/mol. The molecule has 0 aliphatic rings. The number of halogens is 1. The first-order chi connectivity index (χ1) is 9.70. The topological polar surface area (TPSA) is 43.8 Å². The van der Waals surface area contributed by atoms with Crippen LogP contribution in [0, 0.1) is 0 Å². The van der Waals surface area contributed by atoms with Crippen LogP contribution in [0.5, 0.6) is 0 Å². The molecule has 0 saturated heterocycles. The summed E-state index contributed by atoms with van der Waals surface area (Å²) < 4.78 is 2.20. The van der Waals surface area contributed by atoms with Gasteiger partial charge in [-0.1, -0.05) is 30.7 Å². The van der Waals surface area contributed by atoms with Gasteiger partial charge in [0.2, 0.25) is 0 Å². The first-order valence-corrected chi connectivity index (χ1v) is 7.09. The van der Waals surface area contributed by atoms with Gasteiger partial charge in [-0.25, -0.2) is 4.98 Å². The third-order valence-electron chi connectivity index (χ3n) is 3.33. The summed E-state index contributed by atoms with van der Waals surface area (Å²) in [7, 11) is 0. The Bertz CT molecular complexity index is 762. The maximum absolute atomic E-state index is 6.32. The van der Waals surface area contributed by atoms with E-state index >= 15 is 0 Å². The van der Waals surface area contributed by atoms with Gasteiger partial charge in [0.1, 0.15) is 5.82 Å². The lowest BCUT2D eigenvalue weighted by Gasteiger charge is -2.09. The van der Waals surface area contributed by atoms with E-state index in [0.717, 1.165) is 35.4 Å². The number of para-hydroxylation sites is 2. The summed E-state index contributed by atoms with van der Waals surface area (Å²) in [4.78, 5) is 4.73. The fraction of sp³-hybridized carbons (Fsp3) is 0.188. The first-order valence-electron chi connectivity index (χ1n) is 6.71. The van der Waals surface area contributed by atoms with Crippen molar-refractivity contribution in [3.63, 3.8) is 0 Å². The van der Waals surface area contributed by atoms with Crippen LogP contribution in [0.15, 0.2) is 42.5 Å². The summed E-state index contributed by atoms with van der Waals surface area (Å²) in [6.45, 7) is 3.06. The molecule has 0 fully saturated rings. The normalized spacial score (nSPS) is 11.1. The van der Waals surface area contributed by atoms with Crippen LogP contribution in [-0.4, -0.2) is 9.55 Å². The maximum atomic E-state index is 6.32. The molecule has 0 atom stereocenters. The molecular weight excluding hydrogens is 270 g/mol. The van der Waals surface area contributed by atoms with Gasteiger partial charge in [-0.15, -0.1) is 0 Å². The number of anilines is 1. The average Bonchev–Trinajstić information content (AvgIpc) is 2.81. The highest BCUT2D eigenvalue weighted by molar-refractivity contribution is 6.33. The molecule has 0 aliphatic heterocycles. The Hall–Kier alpha value is -2.00. The van der Waals surface area contributed by atoms with Gasteiger partial charge in [0.05, 0.1) is 16.1 Å². The summed E-state index contributed by atoms with van der Waals surface area (Å²) in [6, 6.07) is 13.6. The third kappa shape index (κ3) is 2.14. The molecule has 0 radical (unpaired) electrons. The number of hydrogen-bond donors (Lipinski definition) is 1. The first kappa shape index (κ1) is 13.0. The zero-order chi connectivity index (χ0) is 14.1. The molecule has 3 rings (SSSR count). The van der Waals surface area contributed by atoms with Crippen molar-refractivity contribution in [2.45, 2.75) is 19.9 Å². The number of nitrogens with two attached hydrogens (primary N) is 1. The second kappa shape index (κ2) is 5.17. The number of aryl methyl sites for hydroxylation is 1. The van der Waals surface area contributed by atoms with Gasteiger partial charge in [-0.2, -0.15) is 0 Å². The molecule has 3 aromatic rings. The van der Waals surface area contributed by atoms with Crippen LogP contribution >= 0.6 is 11.6 Å². The van der Waals surface area contributed by atoms with Gasteiger partial charge >= 0.3 is 0 Å². The zero-order valence-electron chi connectivity index (χ0n) is 11.3. The number of imidazole rings is 1. The van der Waals surface area contributed by atoms with Crippen LogP contribution in [-0.2, 0) is 6.54 Å². The molecule has 0 amide bonds. The Morgan fingerprint density at radius 3 is 2.80 bits per heavy atom. The van der Waals surface area contributed by atoms with E-state index in [2.05, 4.69) is 17.6 Å². The SMILES string of the molecule is CCCn1c(-c2cc(N)ccc2Cl)nc2ccccc21. The number of fused-ring (bicyclic) bond motifs is 1. The quantitative estimate of drug-likeness (QED) is 0.727. The van der Waals surface area contributed by atoms with E-state index in [-0.39, 0.29) is 0 Å². The lowest BCUT2D eigenvalue weighted by atomic mass is 10.2. The highest BCUT2D eigenvalue weighted by Crippen LogP contribution is 2.31. The number of benzene rings is 2. The van der Waals surface area contributed by atoms with Crippen molar-refractivity contribution in [1.29, 1.82) is 0 Å². The minimum atomic E-state index is 0.673. The predicted octanol–water partition coefficient (Wildman–Crippen LogP) is 4.35. The van der Waals surface area contributed by atoms with Crippen molar-refractivity contribution >= 4 is 28.3 Å². The molecule has 0 spiro atoms. The molecule has 0 unspecified atom stereocenters. The molecule has 20 heavy (non-hydrogen) atoms. The van der Waals surface area contributed by atoms with E-state index in [0.29, 0.717) is 10.7 Å². The Labute approximate surface area is 123 Å². The van der Waals surface area contributed by atoms with Gasteiger partial charge in [0, 0.05) is 17.8 Å². The van der Waals surface area contributed by atoms with Crippen LogP contribution < -0.4 is 5.73 Å². The van der Waals surface area contributed by atoms with Crippen molar-refractivity contribution in [3.05, 3.63) is 47.5 Å². The van der Waals surface area contributed by atoms with E-state index in [9.17, 15) is 0 Å². The Morgan fingerprint density at radius 2 is 2.00 bits per heavy atom. The molecule has 3 nitrogen and oxygen atoms in total. The molecule has 2 N–H and O–H groups in total. The van der Waals surface area contributed by atoms with Gasteiger partial charge in [0.25, 0.3) is 0 Å². The van der Waals surface area contributed by atoms with Gasteiger partial charge in [-0.3, -0.25) is 0 Å². The van der Waals surface area contributed by atoms with Crippen LogP contribution in [0.1, 0.15) is 13.3 Å². The lowest BCUT2D eigenvalue weighted by molar-refractivity contribution is 0.704. The van der Waals surface area contributed by atoms with Gasteiger partial charge in [0.15, 0.2) is 0 Å². The maximum Gasteiger partial charge on any atom is 0.142 e. The van der Waals surface area contributed by atoms with E-state index in [1.807, 2.05) is 30.3 Å². The fourth-order valence-corrected chi connectivity index (χ4v) is 2.65. The largest absolute Gasteiger partial charge is 0.399 e. The molecule has 0 saturated carbocycles. The Kier molecular flexibility index (Phi) is 3.36. The fourth-order valence-electron chi connectivity index (χ4n) is 2.45. The second-order valence-electron chi connectivity index (χ2n) is 4.82. The van der Waals surface area contributed by atoms with Crippen LogP contribution in [0.3, 0.4) is 0 Å². The van der Waals surface area contributed by atoms with Crippen molar-refractivity contribution in [3.8, 4) is 11.4 Å². The molecule has 2 aromatic carbocycles. The van der Waals surface area contributed by atoms with E-state index in [1.165, 1.54) is 0 Å². The van der Waals surface area contributed by atoms with Gasteiger partial charge in [-0.05, 0) is 36.8 Å². The molecule has 1 heterocycles. The Morgan fingerprint density at radius 1 is 1.20 bits per heavy atom. The van der Waals surface area contributed by atoms with E-state index in [1.54, 1.807) is 6.07 Å². The van der Waals surface area contributed by atoms with E-state index in [4.69, 9.17) is 22.3 Å². The summed E-state index contributed by atoms with van der Waals surface area (Å²) in [5, 5.41) is 0.673. The van der Waals surface area contributed by atoms with Crippen molar-refractivity contribution < 1.29 is 0 Å². The van der Waals surface area contributed by atoms with Crippen molar-refractivity contribution in [2.24, 2.45) is 0 Å². The molecule has 102 valence electrons. The molecule has 0 aliphatic carbocycles. The van der Waals surface area contributed by atoms with Crippen LogP contribution in [0.4, 0.5) is 5.69 Å². The second-order valence-corrected chi connectivity index (χ2v) is 5.22. The predicted molar refractivity (Wildman–Crippen MR) is 84.9 cm³/mol. The highest BCUT2D eigenvalue weighted by Gasteiger charge is 2.14. The zero-order valence-corrected chi connectivity index (χ0v) is 12.1. The smallest absolute Gasteiger partial charge is 0.142 e. The summed E-state index contributed by atoms with van der Waals surface area (Å²) in [5.41, 5.74) is 9.58. The minimum Gasteiger partial charge on any atom is -0.399 e. The molecule has 1 aromatic heterocycles. The standard InChI is InChI=1S/C16H16ClN3/c1-2-9-20-15-6-4-3-5-14(15)19-16(20)12-10-11(18)7-8-13(12)17/h3-8,10H,2,9,18H2,1H3. The van der Waals surface area contributed by atoms with Crippen molar-refractivity contribution in [1.82, 2.24) is 9.55 Å². The molecule has 0 bridgehead atoms. The summed E-state index contributed by atoms with van der Waals surface area (Å²) in [5.74, 6) is 0.880. The lowest BCUT2D eigenvalue weighted by Crippen LogP contribution is -2.00. The van der Waals surface area contributed by atoms with Crippen LogP contribution in [0.2, 0.25) is 5.02 Å². The monoisotopic (exact) mass is 285 g/mol. The minimum absolute atomic E-state index is 0.673. The Balaban J connectivity index is 2.29.